The average Bonchev–Trinajstić information content (AvgIpc) is 3.64. The van der Waals surface area contributed by atoms with Gasteiger partial charge in [-0.05, 0) is 152 Å². The average molecular weight is 850 g/mol. The monoisotopic (exact) mass is 850 g/mol. The summed E-state index contributed by atoms with van der Waals surface area (Å²) in [6, 6.07) is 50.4. The highest BCUT2D eigenvalue weighted by Gasteiger charge is 2.21. The molecule has 9 rings (SSSR count). The summed E-state index contributed by atoms with van der Waals surface area (Å²) in [4.78, 5) is 4.51. The fourth-order valence-electron chi connectivity index (χ4n) is 8.52. The van der Waals surface area contributed by atoms with Crippen LogP contribution in [0, 0.1) is 20.8 Å². The number of para-hydroxylation sites is 1. The number of aryl methyl sites for hydroxylation is 3. The zero-order valence-corrected chi connectivity index (χ0v) is 39.3. The molecule has 3 heteroatoms. The Balaban J connectivity index is 0.000000294. The van der Waals surface area contributed by atoms with Gasteiger partial charge in [0.15, 0.2) is 0 Å². The molecular weight excluding hydrogens is 787 g/mol. The third-order valence-electron chi connectivity index (χ3n) is 11.9. The Morgan fingerprint density at radius 3 is 1.74 bits per heavy atom. The van der Waals surface area contributed by atoms with E-state index in [0.717, 1.165) is 41.1 Å². The molecular formula is C62H63N3. The highest BCUT2D eigenvalue weighted by molar-refractivity contribution is 6.10. The minimum Gasteiger partial charge on any atom is -0.324 e. The van der Waals surface area contributed by atoms with Crippen LogP contribution in [0.25, 0.3) is 38.6 Å². The molecule has 326 valence electrons. The lowest BCUT2D eigenvalue weighted by molar-refractivity contribution is 0.869. The van der Waals surface area contributed by atoms with E-state index in [1.165, 1.54) is 66.6 Å². The highest BCUT2D eigenvalue weighted by atomic mass is 15.2. The molecule has 0 N–H and O–H groups in total. The smallest absolute Gasteiger partial charge is 0.0538 e. The number of anilines is 3. The fraction of sp³-hybridized carbons (Fsp3) is 0.161. The van der Waals surface area contributed by atoms with Crippen molar-refractivity contribution in [1.82, 2.24) is 4.57 Å². The number of aromatic nitrogens is 1. The number of hydrogen-bond donors (Lipinski definition) is 0. The van der Waals surface area contributed by atoms with E-state index in [1.807, 2.05) is 50.3 Å². The van der Waals surface area contributed by atoms with Crippen molar-refractivity contribution in [1.29, 1.82) is 0 Å². The van der Waals surface area contributed by atoms with Gasteiger partial charge >= 0.3 is 0 Å². The van der Waals surface area contributed by atoms with Gasteiger partial charge < -0.3 is 14.4 Å². The molecule has 2 aliphatic rings. The van der Waals surface area contributed by atoms with Crippen molar-refractivity contribution in [3.63, 3.8) is 0 Å². The van der Waals surface area contributed by atoms with Crippen LogP contribution in [0.15, 0.2) is 231 Å². The second kappa shape index (κ2) is 21.3. The normalized spacial score (nSPS) is 15.7. The summed E-state index contributed by atoms with van der Waals surface area (Å²) in [5.74, 6) is 0.566. The van der Waals surface area contributed by atoms with Crippen molar-refractivity contribution in [2.45, 2.75) is 67.2 Å². The van der Waals surface area contributed by atoms with Crippen LogP contribution in [0.1, 0.15) is 68.7 Å². The molecule has 0 atom stereocenters. The van der Waals surface area contributed by atoms with Gasteiger partial charge in [0, 0.05) is 51.6 Å². The molecule has 0 radical (unpaired) electrons. The maximum absolute atomic E-state index is 4.09. The molecule has 6 aromatic carbocycles. The van der Waals surface area contributed by atoms with Gasteiger partial charge in [0.25, 0.3) is 0 Å². The van der Waals surface area contributed by atoms with Crippen molar-refractivity contribution in [2.75, 3.05) is 9.80 Å². The maximum Gasteiger partial charge on any atom is 0.0538 e. The SMILES string of the molecule is C=C1/C=C\C=C/N(c2ccc(N(C3=CC=C(n4c5ccccc5c5cc(C)ccc54)CC3)c3ccc(C)cc3)cc2)/C=C\C=C/C1=C.CC.Cc1ccccc1-c1ccccc1C(C)C. The number of fused-ring (bicyclic) bond motifs is 3. The van der Waals surface area contributed by atoms with Crippen LogP contribution in [0.5, 0.6) is 0 Å². The Morgan fingerprint density at radius 1 is 0.538 bits per heavy atom. The lowest BCUT2D eigenvalue weighted by Gasteiger charge is -2.30. The summed E-state index contributed by atoms with van der Waals surface area (Å²) in [5.41, 5.74) is 18.3. The molecule has 3 nitrogen and oxygen atoms in total. The molecule has 0 fully saturated rings. The van der Waals surface area contributed by atoms with Gasteiger partial charge in [-0.1, -0.05) is 161 Å². The Morgan fingerprint density at radius 2 is 1.11 bits per heavy atom. The molecule has 1 aliphatic carbocycles. The first-order valence-corrected chi connectivity index (χ1v) is 23.0. The lowest BCUT2D eigenvalue weighted by atomic mass is 9.91. The molecule has 0 saturated carbocycles. The van der Waals surface area contributed by atoms with Crippen LogP contribution >= 0.6 is 0 Å². The maximum atomic E-state index is 4.09. The van der Waals surface area contributed by atoms with Crippen LogP contribution in [0.3, 0.4) is 0 Å². The molecule has 1 aromatic heterocycles. The van der Waals surface area contributed by atoms with E-state index in [-0.39, 0.29) is 0 Å². The van der Waals surface area contributed by atoms with Crippen molar-refractivity contribution in [3.8, 4) is 11.1 Å². The zero-order valence-electron chi connectivity index (χ0n) is 39.3. The fourth-order valence-corrected chi connectivity index (χ4v) is 8.52. The van der Waals surface area contributed by atoms with Gasteiger partial charge in [-0.2, -0.15) is 0 Å². The number of benzene rings is 6. The molecule has 0 amide bonds. The molecule has 7 aromatic rings. The summed E-state index contributed by atoms with van der Waals surface area (Å²) in [6.45, 7) is 23.2. The van der Waals surface area contributed by atoms with Gasteiger partial charge in [-0.3, -0.25) is 0 Å². The number of nitrogens with zero attached hydrogens (tertiary/aromatic N) is 3. The molecule has 2 heterocycles. The van der Waals surface area contributed by atoms with Crippen LogP contribution < -0.4 is 9.80 Å². The quantitative estimate of drug-likeness (QED) is 0.158. The van der Waals surface area contributed by atoms with E-state index in [4.69, 9.17) is 0 Å². The Bertz CT molecular complexity index is 2940. The van der Waals surface area contributed by atoms with Gasteiger partial charge in [0.05, 0.1) is 11.0 Å². The lowest BCUT2D eigenvalue weighted by Crippen LogP contribution is -2.18. The van der Waals surface area contributed by atoms with Gasteiger partial charge in [0.2, 0.25) is 0 Å². The summed E-state index contributed by atoms with van der Waals surface area (Å²) in [5, 5.41) is 2.62. The number of allylic oxidation sites excluding steroid dienone is 12. The van der Waals surface area contributed by atoms with E-state index in [2.05, 4.69) is 226 Å². The minimum absolute atomic E-state index is 0.566. The van der Waals surface area contributed by atoms with Crippen molar-refractivity contribution < 1.29 is 0 Å². The first-order valence-electron chi connectivity index (χ1n) is 23.0. The Hall–Kier alpha value is -7.36. The van der Waals surface area contributed by atoms with E-state index < -0.39 is 0 Å². The third-order valence-corrected chi connectivity index (χ3v) is 11.9. The largest absolute Gasteiger partial charge is 0.324 e. The third kappa shape index (κ3) is 10.5. The van der Waals surface area contributed by atoms with Crippen LogP contribution in [-0.2, 0) is 0 Å². The van der Waals surface area contributed by atoms with Gasteiger partial charge in [-0.15, -0.1) is 0 Å². The number of hydrogen-bond acceptors (Lipinski definition) is 2. The zero-order chi connectivity index (χ0) is 45.9. The van der Waals surface area contributed by atoms with Gasteiger partial charge in [-0.25, -0.2) is 0 Å². The van der Waals surface area contributed by atoms with E-state index >= 15 is 0 Å². The highest BCUT2D eigenvalue weighted by Crippen LogP contribution is 2.39. The second-order valence-corrected chi connectivity index (χ2v) is 16.8. The van der Waals surface area contributed by atoms with Crippen LogP contribution in [0.2, 0.25) is 0 Å². The summed E-state index contributed by atoms with van der Waals surface area (Å²) in [6.07, 6.45) is 22.6. The number of rotatable bonds is 7. The van der Waals surface area contributed by atoms with E-state index in [0.29, 0.717) is 5.92 Å². The Kier molecular flexibility index (Phi) is 15.0. The van der Waals surface area contributed by atoms with Crippen LogP contribution in [-0.4, -0.2) is 4.57 Å². The van der Waals surface area contributed by atoms with Crippen molar-refractivity contribution in [2.24, 2.45) is 0 Å². The summed E-state index contributed by atoms with van der Waals surface area (Å²) < 4.78 is 2.45. The van der Waals surface area contributed by atoms with Gasteiger partial charge in [0.1, 0.15) is 0 Å². The standard InChI is InChI=1S/C44H39N3.C16H18.C2H6/c1-32-15-18-37(19-16-32)46(38-22-20-36(21-23-38)45-29-9-7-11-34(3)35(4)12-8-10-30-45)39-24-26-40(27-25-39)47-43-14-6-5-13-41(43)42-31-33(2)17-28-44(42)47;1-12(2)14-9-6-7-11-16(14)15-10-5-4-8-13(15)3;1-2/h5-24,26,28-31H,3-4,25,27H2,1-2H3;4-12H,1-3H3;1-2H3/b11-7-,12-8-,29-9-,30-10-;;. The molecule has 65 heavy (non-hydrogen) atoms. The predicted octanol–water partition coefficient (Wildman–Crippen LogP) is 17.7. The Labute approximate surface area is 388 Å². The molecule has 1 aliphatic heterocycles. The molecule has 0 saturated heterocycles. The molecule has 0 unspecified atom stereocenters. The summed E-state index contributed by atoms with van der Waals surface area (Å²) >= 11 is 0. The van der Waals surface area contributed by atoms with Crippen molar-refractivity contribution in [3.05, 3.63) is 253 Å². The van der Waals surface area contributed by atoms with Crippen molar-refractivity contribution >= 4 is 44.6 Å². The second-order valence-electron chi connectivity index (χ2n) is 16.8. The molecule has 0 spiro atoms. The van der Waals surface area contributed by atoms with E-state index in [1.54, 1.807) is 0 Å². The minimum atomic E-state index is 0.566. The topological polar surface area (TPSA) is 11.4 Å². The molecule has 0 bridgehead atoms. The first-order chi connectivity index (χ1) is 31.7. The van der Waals surface area contributed by atoms with Crippen LogP contribution in [0.4, 0.5) is 17.1 Å². The first kappa shape index (κ1) is 45.7. The predicted molar refractivity (Wildman–Crippen MR) is 285 cm³/mol. The van der Waals surface area contributed by atoms with E-state index in [9.17, 15) is 0 Å². The summed E-state index contributed by atoms with van der Waals surface area (Å²) in [7, 11) is 0.